The van der Waals surface area contributed by atoms with Crippen LogP contribution in [-0.2, 0) is 4.79 Å². The average Bonchev–Trinajstić information content (AvgIpc) is 2.59. The third-order valence-corrected chi connectivity index (χ3v) is 3.69. The van der Waals surface area contributed by atoms with Crippen LogP contribution < -0.4 is 20.7 Å². The number of rotatable bonds is 7. The molecular weight excluding hydrogens is 363 g/mol. The molecule has 0 spiro atoms. The highest BCUT2D eigenvalue weighted by Crippen LogP contribution is 2.20. The van der Waals surface area contributed by atoms with Crippen molar-refractivity contribution in [1.82, 2.24) is 20.9 Å². The van der Waals surface area contributed by atoms with Crippen LogP contribution in [0.25, 0.3) is 0 Å². The molecule has 2 unspecified atom stereocenters. The first-order valence-electron chi connectivity index (χ1n) is 8.36. The minimum atomic E-state index is -4.41. The van der Waals surface area contributed by atoms with Gasteiger partial charge >= 0.3 is 6.18 Å². The topological polar surface area (TPSA) is 87.6 Å². The van der Waals surface area contributed by atoms with E-state index in [1.54, 1.807) is 19.2 Å². The standard InChI is InChI=1S/C17H22F3N5O2/c1-4-14(26)23-13-8-21-9-16(3,25-13)24-11(2)12-5-6-15(22-7-12)27-10-17(18,19)20/h5-9,11,24-25H,4,10H2,1-3H3,(H,23,26). The van der Waals surface area contributed by atoms with E-state index in [-0.39, 0.29) is 17.8 Å². The van der Waals surface area contributed by atoms with E-state index in [0.29, 0.717) is 12.2 Å². The summed E-state index contributed by atoms with van der Waals surface area (Å²) in [7, 11) is 0. The molecule has 7 nitrogen and oxygen atoms in total. The number of aliphatic imine (C=N–C) groups is 1. The zero-order valence-electron chi connectivity index (χ0n) is 15.2. The van der Waals surface area contributed by atoms with E-state index in [0.717, 1.165) is 5.56 Å². The van der Waals surface area contributed by atoms with Crippen LogP contribution in [0.15, 0.2) is 35.3 Å². The van der Waals surface area contributed by atoms with Gasteiger partial charge in [0.2, 0.25) is 11.8 Å². The van der Waals surface area contributed by atoms with Crippen molar-refractivity contribution in [2.24, 2.45) is 4.99 Å². The quantitative estimate of drug-likeness (QED) is 0.671. The van der Waals surface area contributed by atoms with Crippen molar-refractivity contribution in [2.45, 2.75) is 45.1 Å². The zero-order valence-corrected chi connectivity index (χ0v) is 15.2. The maximum absolute atomic E-state index is 12.2. The second kappa shape index (κ2) is 8.38. The van der Waals surface area contributed by atoms with E-state index < -0.39 is 18.4 Å². The molecule has 0 saturated carbocycles. The molecule has 10 heteroatoms. The Morgan fingerprint density at radius 3 is 2.74 bits per heavy atom. The molecule has 2 atom stereocenters. The van der Waals surface area contributed by atoms with Gasteiger partial charge in [-0.25, -0.2) is 4.98 Å². The minimum Gasteiger partial charge on any atom is -0.468 e. The number of carbonyl (C=O) groups is 1. The van der Waals surface area contributed by atoms with Gasteiger partial charge in [0, 0.05) is 30.9 Å². The molecule has 1 aliphatic heterocycles. The third kappa shape index (κ3) is 6.55. The summed E-state index contributed by atoms with van der Waals surface area (Å²) in [5.74, 6) is 0.236. The number of nitrogens with one attached hydrogen (secondary N) is 3. The number of pyridine rings is 1. The van der Waals surface area contributed by atoms with E-state index in [2.05, 4.69) is 30.7 Å². The molecule has 0 fully saturated rings. The van der Waals surface area contributed by atoms with E-state index in [1.807, 2.05) is 13.8 Å². The van der Waals surface area contributed by atoms with E-state index in [4.69, 9.17) is 0 Å². The van der Waals surface area contributed by atoms with Crippen LogP contribution in [0.3, 0.4) is 0 Å². The molecule has 0 aliphatic carbocycles. The van der Waals surface area contributed by atoms with Crippen molar-refractivity contribution >= 4 is 12.1 Å². The van der Waals surface area contributed by atoms with Crippen molar-refractivity contribution in [3.63, 3.8) is 0 Å². The van der Waals surface area contributed by atoms with Gasteiger partial charge in [0.05, 0.1) is 6.20 Å². The number of nitrogens with zero attached hydrogens (tertiary/aromatic N) is 2. The summed E-state index contributed by atoms with van der Waals surface area (Å²) in [6.07, 6.45) is 0.545. The molecule has 1 amide bonds. The highest BCUT2D eigenvalue weighted by molar-refractivity contribution is 5.78. The molecular formula is C17H22F3N5O2. The van der Waals surface area contributed by atoms with Crippen molar-refractivity contribution in [1.29, 1.82) is 0 Å². The normalized spacial score (nSPS) is 20.4. The van der Waals surface area contributed by atoms with Gasteiger partial charge in [-0.15, -0.1) is 0 Å². The van der Waals surface area contributed by atoms with E-state index >= 15 is 0 Å². The van der Waals surface area contributed by atoms with Gasteiger partial charge in [-0.3, -0.25) is 15.1 Å². The largest absolute Gasteiger partial charge is 0.468 e. The lowest BCUT2D eigenvalue weighted by molar-refractivity contribution is -0.154. The van der Waals surface area contributed by atoms with E-state index in [1.165, 1.54) is 18.5 Å². The number of halogens is 3. The summed E-state index contributed by atoms with van der Waals surface area (Å²) in [6.45, 7) is 4.07. The van der Waals surface area contributed by atoms with Gasteiger partial charge in [0.15, 0.2) is 6.61 Å². The van der Waals surface area contributed by atoms with Gasteiger partial charge in [0.1, 0.15) is 11.5 Å². The molecule has 2 rings (SSSR count). The SMILES string of the molecule is CCC(=O)NC1=CN=CC(C)(NC(C)c2ccc(OCC(F)(F)F)nc2)N1. The Labute approximate surface area is 155 Å². The van der Waals surface area contributed by atoms with Crippen LogP contribution in [0.1, 0.15) is 38.8 Å². The van der Waals surface area contributed by atoms with Crippen molar-refractivity contribution in [3.05, 3.63) is 35.9 Å². The molecule has 3 N–H and O–H groups in total. The van der Waals surface area contributed by atoms with Gasteiger partial charge < -0.3 is 15.4 Å². The fourth-order valence-corrected chi connectivity index (χ4v) is 2.40. The first-order valence-corrected chi connectivity index (χ1v) is 8.36. The number of aromatic nitrogens is 1. The van der Waals surface area contributed by atoms with Crippen LogP contribution in [0.5, 0.6) is 5.88 Å². The Morgan fingerprint density at radius 1 is 1.41 bits per heavy atom. The Balaban J connectivity index is 1.96. The summed E-state index contributed by atoms with van der Waals surface area (Å²) < 4.78 is 41.1. The first-order chi connectivity index (χ1) is 12.6. The highest BCUT2D eigenvalue weighted by atomic mass is 19.4. The minimum absolute atomic E-state index is 0.0978. The molecule has 2 heterocycles. The molecule has 1 aromatic heterocycles. The lowest BCUT2D eigenvalue weighted by Gasteiger charge is -2.35. The molecule has 0 saturated heterocycles. The van der Waals surface area contributed by atoms with Gasteiger partial charge in [-0.2, -0.15) is 13.2 Å². The summed E-state index contributed by atoms with van der Waals surface area (Å²) in [5.41, 5.74) is 0.00942. The lowest BCUT2D eigenvalue weighted by atomic mass is 10.1. The number of amides is 1. The Bertz CT molecular complexity index is 718. The second-order valence-electron chi connectivity index (χ2n) is 6.25. The molecule has 0 radical (unpaired) electrons. The summed E-state index contributed by atoms with van der Waals surface area (Å²) in [4.78, 5) is 19.6. The zero-order chi connectivity index (χ0) is 20.1. The molecule has 0 bridgehead atoms. The summed E-state index contributed by atoms with van der Waals surface area (Å²) in [6, 6.07) is 2.81. The number of carbonyl (C=O) groups excluding carboxylic acids is 1. The maximum Gasteiger partial charge on any atom is 0.422 e. The van der Waals surface area contributed by atoms with Gasteiger partial charge in [-0.1, -0.05) is 13.0 Å². The molecule has 1 aliphatic rings. The fourth-order valence-electron chi connectivity index (χ4n) is 2.40. The maximum atomic E-state index is 12.2. The molecule has 148 valence electrons. The predicted octanol–water partition coefficient (Wildman–Crippen LogP) is 2.39. The van der Waals surface area contributed by atoms with E-state index in [9.17, 15) is 18.0 Å². The van der Waals surface area contributed by atoms with Crippen LogP contribution in [0.2, 0.25) is 0 Å². The Kier molecular flexibility index (Phi) is 6.42. The number of alkyl halides is 3. The van der Waals surface area contributed by atoms with Gasteiger partial charge in [0.25, 0.3) is 0 Å². The van der Waals surface area contributed by atoms with Crippen LogP contribution >= 0.6 is 0 Å². The Hall–Kier alpha value is -2.62. The highest BCUT2D eigenvalue weighted by Gasteiger charge is 2.29. The van der Waals surface area contributed by atoms with Crippen molar-refractivity contribution in [2.75, 3.05) is 6.61 Å². The molecule has 27 heavy (non-hydrogen) atoms. The summed E-state index contributed by atoms with van der Waals surface area (Å²) in [5, 5.41) is 9.14. The Morgan fingerprint density at radius 2 is 2.15 bits per heavy atom. The van der Waals surface area contributed by atoms with Crippen LogP contribution in [0, 0.1) is 0 Å². The van der Waals surface area contributed by atoms with Gasteiger partial charge in [-0.05, 0) is 19.4 Å². The number of hydrogen-bond donors (Lipinski definition) is 3. The van der Waals surface area contributed by atoms with Crippen molar-refractivity contribution in [3.8, 4) is 5.88 Å². The van der Waals surface area contributed by atoms with Crippen molar-refractivity contribution < 1.29 is 22.7 Å². The fraction of sp³-hybridized carbons (Fsp3) is 0.471. The lowest BCUT2D eigenvalue weighted by Crippen LogP contribution is -2.59. The first kappa shape index (κ1) is 20.7. The molecule has 1 aromatic rings. The monoisotopic (exact) mass is 385 g/mol. The second-order valence-corrected chi connectivity index (χ2v) is 6.25. The van der Waals surface area contributed by atoms with Crippen LogP contribution in [-0.4, -0.2) is 35.6 Å². The summed E-state index contributed by atoms with van der Waals surface area (Å²) >= 11 is 0. The van der Waals surface area contributed by atoms with Crippen LogP contribution in [0.4, 0.5) is 13.2 Å². The predicted molar refractivity (Wildman–Crippen MR) is 93.9 cm³/mol. The number of ether oxygens (including phenoxy) is 1. The third-order valence-electron chi connectivity index (χ3n) is 3.69. The average molecular weight is 385 g/mol. The molecule has 0 aromatic carbocycles. The smallest absolute Gasteiger partial charge is 0.422 e. The number of hydrogen-bond acceptors (Lipinski definition) is 6.